The van der Waals surface area contributed by atoms with Gasteiger partial charge in [0.2, 0.25) is 5.95 Å². The van der Waals surface area contributed by atoms with E-state index in [1.807, 2.05) is 103 Å². The Morgan fingerprint density at radius 3 is 1.94 bits per heavy atom. The Hall–Kier alpha value is -4.32. The molecule has 2 aromatic heterocycles. The lowest BCUT2D eigenvalue weighted by molar-refractivity contribution is 0.933. The van der Waals surface area contributed by atoms with E-state index in [-0.39, 0.29) is 0 Å². The first-order valence-electron chi connectivity index (χ1n) is 9.98. The van der Waals surface area contributed by atoms with E-state index in [4.69, 9.17) is 0 Å². The number of anilines is 1. The van der Waals surface area contributed by atoms with Crippen molar-refractivity contribution in [3.63, 3.8) is 0 Å². The highest BCUT2D eigenvalue weighted by Crippen LogP contribution is 2.25. The van der Waals surface area contributed by atoms with Crippen LogP contribution in [0.3, 0.4) is 0 Å². The molecule has 0 atom stereocenters. The summed E-state index contributed by atoms with van der Waals surface area (Å²) >= 11 is 0. The van der Waals surface area contributed by atoms with Crippen molar-refractivity contribution in [1.82, 2.24) is 19.5 Å². The maximum Gasteiger partial charge on any atom is 0.244 e. The lowest BCUT2D eigenvalue weighted by Crippen LogP contribution is -2.02. The summed E-state index contributed by atoms with van der Waals surface area (Å²) < 4.78 is 2.00. The lowest BCUT2D eigenvalue weighted by atomic mass is 10.1. The number of nitrogens with one attached hydrogen (secondary N) is 1. The van der Waals surface area contributed by atoms with E-state index in [2.05, 4.69) is 25.5 Å². The summed E-state index contributed by atoms with van der Waals surface area (Å²) in [7, 11) is 1.97. The molecule has 0 spiro atoms. The molecule has 5 aromatic rings. The molecule has 3 aromatic carbocycles. The maximum absolute atomic E-state index is 4.66. The molecular formula is C25H20N6. The summed E-state index contributed by atoms with van der Waals surface area (Å²) in [5.41, 5.74) is 8.66. The second-order valence-corrected chi connectivity index (χ2v) is 7.08. The first-order chi connectivity index (χ1) is 15.3. The van der Waals surface area contributed by atoms with Gasteiger partial charge in [0.05, 0.1) is 28.6 Å². The van der Waals surface area contributed by atoms with E-state index in [0.29, 0.717) is 5.95 Å². The van der Waals surface area contributed by atoms with Gasteiger partial charge in [-0.3, -0.25) is 0 Å². The number of benzene rings is 3. The van der Waals surface area contributed by atoms with Gasteiger partial charge >= 0.3 is 0 Å². The zero-order valence-corrected chi connectivity index (χ0v) is 17.0. The highest BCUT2D eigenvalue weighted by atomic mass is 15.4. The zero-order chi connectivity index (χ0) is 21.0. The Morgan fingerprint density at radius 1 is 0.742 bits per heavy atom. The Kier molecular flexibility index (Phi) is 4.94. The Balaban J connectivity index is 1.49. The first-order valence-corrected chi connectivity index (χ1v) is 9.98. The highest BCUT2D eigenvalue weighted by Gasteiger charge is 2.09. The van der Waals surface area contributed by atoms with Crippen molar-refractivity contribution in [2.24, 2.45) is 12.1 Å². The van der Waals surface area contributed by atoms with Crippen molar-refractivity contribution in [3.05, 3.63) is 96.8 Å². The number of aromatic nitrogens is 4. The van der Waals surface area contributed by atoms with Crippen LogP contribution in [0.25, 0.3) is 33.5 Å². The third-order valence-corrected chi connectivity index (χ3v) is 5.03. The van der Waals surface area contributed by atoms with Gasteiger partial charge in [0.15, 0.2) is 5.82 Å². The number of imidazole rings is 1. The van der Waals surface area contributed by atoms with Crippen molar-refractivity contribution < 1.29 is 0 Å². The quantitative estimate of drug-likeness (QED) is 0.325. The molecule has 1 N–H and O–H groups in total. The maximum atomic E-state index is 4.66. The van der Waals surface area contributed by atoms with Crippen LogP contribution in [-0.2, 0) is 7.05 Å². The van der Waals surface area contributed by atoms with E-state index in [1.54, 1.807) is 6.21 Å². The fraction of sp³-hybridized carbons (Fsp3) is 0.0400. The third-order valence-electron chi connectivity index (χ3n) is 5.03. The molecule has 150 valence electrons. The number of rotatable bonds is 5. The molecule has 0 aliphatic rings. The average Bonchev–Trinajstić information content (AvgIpc) is 3.15. The minimum Gasteiger partial charge on any atom is -0.326 e. The normalized spacial score (nSPS) is 11.3. The summed E-state index contributed by atoms with van der Waals surface area (Å²) in [6.45, 7) is 0. The Bertz CT molecular complexity index is 1300. The van der Waals surface area contributed by atoms with Crippen LogP contribution in [0.15, 0.2) is 96.1 Å². The van der Waals surface area contributed by atoms with Gasteiger partial charge in [0.1, 0.15) is 0 Å². The second kappa shape index (κ2) is 8.20. The third kappa shape index (κ3) is 3.91. The molecule has 0 aliphatic heterocycles. The van der Waals surface area contributed by atoms with Crippen LogP contribution in [0.4, 0.5) is 5.95 Å². The lowest BCUT2D eigenvalue weighted by Gasteiger charge is -2.08. The van der Waals surface area contributed by atoms with E-state index in [0.717, 1.165) is 39.4 Å². The van der Waals surface area contributed by atoms with Crippen molar-refractivity contribution in [2.45, 2.75) is 0 Å². The molecule has 31 heavy (non-hydrogen) atoms. The van der Waals surface area contributed by atoms with Gasteiger partial charge in [0, 0.05) is 18.2 Å². The van der Waals surface area contributed by atoms with E-state index in [1.165, 1.54) is 0 Å². The summed E-state index contributed by atoms with van der Waals surface area (Å²) in [5.74, 6) is 1.17. The standard InChI is InChI=1S/C25H20N6/c1-31-23-15-9-8-14-20(23)27-24(31)17-26-30-25-28-21(18-10-4-2-5-11-18)16-22(29-25)19-12-6-3-7-13-19/h2-17H,1H3,(H,28,29,30)/b26-17-. The van der Waals surface area contributed by atoms with Crippen molar-refractivity contribution >= 4 is 23.2 Å². The SMILES string of the molecule is Cn1c(/C=N\Nc2nc(-c3ccccc3)cc(-c3ccccc3)n2)nc2ccccc21. The number of aryl methyl sites for hydroxylation is 1. The van der Waals surface area contributed by atoms with Gasteiger partial charge in [-0.05, 0) is 18.2 Å². The molecule has 2 heterocycles. The number of para-hydroxylation sites is 2. The van der Waals surface area contributed by atoms with Crippen LogP contribution in [0.2, 0.25) is 0 Å². The number of fused-ring (bicyclic) bond motifs is 1. The van der Waals surface area contributed by atoms with Crippen LogP contribution in [0.1, 0.15) is 5.82 Å². The molecule has 0 fully saturated rings. The van der Waals surface area contributed by atoms with E-state index in [9.17, 15) is 0 Å². The molecule has 0 aliphatic carbocycles. The molecule has 0 amide bonds. The van der Waals surface area contributed by atoms with Crippen LogP contribution in [-0.4, -0.2) is 25.7 Å². The van der Waals surface area contributed by atoms with Gasteiger partial charge in [-0.15, -0.1) is 0 Å². The number of hydrogen-bond acceptors (Lipinski definition) is 5. The highest BCUT2D eigenvalue weighted by molar-refractivity contribution is 5.85. The minimum atomic E-state index is 0.426. The van der Waals surface area contributed by atoms with E-state index >= 15 is 0 Å². The smallest absolute Gasteiger partial charge is 0.244 e. The molecule has 0 saturated carbocycles. The number of hydrazone groups is 1. The van der Waals surface area contributed by atoms with Gasteiger partial charge in [-0.25, -0.2) is 20.4 Å². The molecule has 6 nitrogen and oxygen atoms in total. The molecule has 6 heteroatoms. The van der Waals surface area contributed by atoms with Gasteiger partial charge in [-0.2, -0.15) is 5.10 Å². The molecule has 0 bridgehead atoms. The van der Waals surface area contributed by atoms with Gasteiger partial charge < -0.3 is 4.57 Å². The van der Waals surface area contributed by atoms with Crippen LogP contribution in [0.5, 0.6) is 0 Å². The predicted molar refractivity (Wildman–Crippen MR) is 125 cm³/mol. The van der Waals surface area contributed by atoms with Gasteiger partial charge in [-0.1, -0.05) is 72.8 Å². The van der Waals surface area contributed by atoms with Crippen LogP contribution < -0.4 is 5.43 Å². The molecule has 0 radical (unpaired) electrons. The molecule has 5 rings (SSSR count). The summed E-state index contributed by atoms with van der Waals surface area (Å²) in [5, 5.41) is 4.35. The van der Waals surface area contributed by atoms with Crippen LogP contribution in [0, 0.1) is 0 Å². The van der Waals surface area contributed by atoms with E-state index < -0.39 is 0 Å². The van der Waals surface area contributed by atoms with Gasteiger partial charge in [0.25, 0.3) is 0 Å². The van der Waals surface area contributed by atoms with Crippen molar-refractivity contribution in [1.29, 1.82) is 0 Å². The molecule has 0 saturated heterocycles. The minimum absolute atomic E-state index is 0.426. The topological polar surface area (TPSA) is 68.0 Å². The summed E-state index contributed by atoms with van der Waals surface area (Å²) in [4.78, 5) is 13.9. The molecular weight excluding hydrogens is 384 g/mol. The zero-order valence-electron chi connectivity index (χ0n) is 17.0. The fourth-order valence-electron chi connectivity index (χ4n) is 3.44. The monoisotopic (exact) mass is 404 g/mol. The first kappa shape index (κ1) is 18.7. The summed E-state index contributed by atoms with van der Waals surface area (Å²) in [6, 6.07) is 30.1. The Morgan fingerprint density at radius 2 is 1.32 bits per heavy atom. The summed E-state index contributed by atoms with van der Waals surface area (Å²) in [6.07, 6.45) is 1.68. The molecule has 0 unspecified atom stereocenters. The van der Waals surface area contributed by atoms with Crippen molar-refractivity contribution in [3.8, 4) is 22.5 Å². The number of hydrogen-bond donors (Lipinski definition) is 1. The number of nitrogens with zero attached hydrogens (tertiary/aromatic N) is 5. The Labute approximate surface area is 180 Å². The fourth-order valence-corrected chi connectivity index (χ4v) is 3.44. The van der Waals surface area contributed by atoms with Crippen LogP contribution >= 0.6 is 0 Å². The predicted octanol–water partition coefficient (Wildman–Crippen LogP) is 5.14. The largest absolute Gasteiger partial charge is 0.326 e. The average molecular weight is 404 g/mol. The second-order valence-electron chi connectivity index (χ2n) is 7.08. The van der Waals surface area contributed by atoms with Crippen molar-refractivity contribution in [2.75, 3.05) is 5.43 Å².